The molecule has 0 unspecified atom stereocenters. The molecule has 0 bridgehead atoms. The summed E-state index contributed by atoms with van der Waals surface area (Å²) in [4.78, 5) is 30.0. The van der Waals surface area contributed by atoms with Crippen molar-refractivity contribution < 1.29 is 14.3 Å². The van der Waals surface area contributed by atoms with Gasteiger partial charge < -0.3 is 14.8 Å². The SMILES string of the molecule is CCn1nc(-c2nc3ccccc3o2)c(C(C)=O)c(Nc2ccc(CO)cc2)c1=O. The zero-order valence-corrected chi connectivity index (χ0v) is 16.5. The van der Waals surface area contributed by atoms with Gasteiger partial charge in [-0.3, -0.25) is 9.59 Å². The molecule has 0 saturated heterocycles. The zero-order chi connectivity index (χ0) is 21.3. The lowest BCUT2D eigenvalue weighted by atomic mass is 10.1. The summed E-state index contributed by atoms with van der Waals surface area (Å²) in [5.74, 6) is -0.170. The monoisotopic (exact) mass is 404 g/mol. The normalized spacial score (nSPS) is 11.0. The highest BCUT2D eigenvalue weighted by Crippen LogP contribution is 2.29. The van der Waals surface area contributed by atoms with E-state index in [2.05, 4.69) is 15.4 Å². The number of nitrogens with one attached hydrogen (secondary N) is 1. The second-order valence-electron chi connectivity index (χ2n) is 6.74. The van der Waals surface area contributed by atoms with E-state index in [1.165, 1.54) is 11.6 Å². The molecule has 0 spiro atoms. The van der Waals surface area contributed by atoms with Crippen LogP contribution in [0, 0.1) is 0 Å². The summed E-state index contributed by atoms with van der Waals surface area (Å²) in [6, 6.07) is 14.2. The number of anilines is 2. The molecule has 0 aliphatic heterocycles. The average Bonchev–Trinajstić information content (AvgIpc) is 3.19. The quantitative estimate of drug-likeness (QED) is 0.473. The molecule has 4 rings (SSSR count). The summed E-state index contributed by atoms with van der Waals surface area (Å²) in [7, 11) is 0. The first-order chi connectivity index (χ1) is 14.5. The highest BCUT2D eigenvalue weighted by Gasteiger charge is 2.25. The molecule has 0 atom stereocenters. The van der Waals surface area contributed by atoms with Gasteiger partial charge >= 0.3 is 0 Å². The van der Waals surface area contributed by atoms with Crippen LogP contribution in [0.5, 0.6) is 0 Å². The van der Waals surface area contributed by atoms with E-state index in [0.29, 0.717) is 23.3 Å². The molecule has 0 radical (unpaired) electrons. The van der Waals surface area contributed by atoms with Gasteiger partial charge in [-0.1, -0.05) is 24.3 Å². The Balaban J connectivity index is 1.92. The van der Waals surface area contributed by atoms with Crippen molar-refractivity contribution in [2.24, 2.45) is 0 Å². The van der Waals surface area contributed by atoms with Crippen molar-refractivity contribution in [2.45, 2.75) is 27.0 Å². The molecule has 2 aromatic carbocycles. The minimum Gasteiger partial charge on any atom is -0.435 e. The smallest absolute Gasteiger partial charge is 0.291 e. The van der Waals surface area contributed by atoms with Gasteiger partial charge in [0.05, 0.1) is 12.2 Å². The molecule has 4 aromatic rings. The molecule has 0 amide bonds. The fourth-order valence-electron chi connectivity index (χ4n) is 3.20. The van der Waals surface area contributed by atoms with Crippen molar-refractivity contribution in [3.05, 3.63) is 70.0 Å². The third-order valence-electron chi connectivity index (χ3n) is 4.71. The number of aryl methyl sites for hydroxylation is 1. The van der Waals surface area contributed by atoms with Gasteiger partial charge in [-0.05, 0) is 43.7 Å². The summed E-state index contributed by atoms with van der Waals surface area (Å²) in [6.45, 7) is 3.39. The lowest BCUT2D eigenvalue weighted by molar-refractivity contribution is 0.101. The topological polar surface area (TPSA) is 110 Å². The van der Waals surface area contributed by atoms with E-state index in [9.17, 15) is 14.7 Å². The van der Waals surface area contributed by atoms with E-state index in [0.717, 1.165) is 5.56 Å². The number of aliphatic hydroxyl groups is 1. The number of nitrogens with zero attached hydrogens (tertiary/aromatic N) is 3. The molecule has 2 heterocycles. The molecule has 2 aromatic heterocycles. The van der Waals surface area contributed by atoms with Crippen LogP contribution in [-0.4, -0.2) is 25.7 Å². The molecule has 0 aliphatic rings. The Bertz CT molecular complexity index is 1260. The van der Waals surface area contributed by atoms with E-state index < -0.39 is 5.56 Å². The minimum atomic E-state index is -0.422. The van der Waals surface area contributed by atoms with E-state index in [4.69, 9.17) is 4.42 Å². The lowest BCUT2D eigenvalue weighted by Crippen LogP contribution is -2.28. The Morgan fingerprint density at radius 2 is 1.90 bits per heavy atom. The number of hydrogen-bond donors (Lipinski definition) is 2. The maximum absolute atomic E-state index is 13.0. The number of Topliss-reactive ketones (excluding diaryl/α,β-unsaturated/α-hetero) is 1. The van der Waals surface area contributed by atoms with Crippen molar-refractivity contribution in [1.29, 1.82) is 0 Å². The van der Waals surface area contributed by atoms with Crippen LogP contribution in [0.1, 0.15) is 29.8 Å². The predicted octanol–water partition coefficient (Wildman–Crippen LogP) is 3.51. The van der Waals surface area contributed by atoms with Crippen molar-refractivity contribution in [1.82, 2.24) is 14.8 Å². The molecule has 0 saturated carbocycles. The van der Waals surface area contributed by atoms with Gasteiger partial charge in [0, 0.05) is 12.2 Å². The first-order valence-electron chi connectivity index (χ1n) is 9.50. The maximum Gasteiger partial charge on any atom is 0.291 e. The number of carbonyl (C=O) groups excluding carboxylic acids is 1. The van der Waals surface area contributed by atoms with Crippen LogP contribution in [0.4, 0.5) is 11.4 Å². The third kappa shape index (κ3) is 3.48. The fourth-order valence-corrected chi connectivity index (χ4v) is 3.20. The van der Waals surface area contributed by atoms with Gasteiger partial charge in [0.2, 0.25) is 5.89 Å². The van der Waals surface area contributed by atoms with Gasteiger partial charge in [0.25, 0.3) is 5.56 Å². The largest absolute Gasteiger partial charge is 0.435 e. The van der Waals surface area contributed by atoms with Crippen molar-refractivity contribution >= 4 is 28.3 Å². The minimum absolute atomic E-state index is 0.0846. The molecule has 8 nitrogen and oxygen atoms in total. The molecule has 0 aliphatic carbocycles. The third-order valence-corrected chi connectivity index (χ3v) is 4.71. The van der Waals surface area contributed by atoms with Gasteiger partial charge in [-0.25, -0.2) is 9.67 Å². The van der Waals surface area contributed by atoms with Crippen molar-refractivity contribution in [3.63, 3.8) is 0 Å². The van der Waals surface area contributed by atoms with E-state index in [-0.39, 0.29) is 35.2 Å². The van der Waals surface area contributed by atoms with Crippen LogP contribution in [0.3, 0.4) is 0 Å². The Labute approximate surface area is 171 Å². The highest BCUT2D eigenvalue weighted by molar-refractivity contribution is 6.04. The van der Waals surface area contributed by atoms with Gasteiger partial charge in [0.1, 0.15) is 11.2 Å². The molecule has 30 heavy (non-hydrogen) atoms. The fraction of sp³-hybridized carbons (Fsp3) is 0.182. The van der Waals surface area contributed by atoms with Crippen LogP contribution >= 0.6 is 0 Å². The number of carbonyl (C=O) groups is 1. The second kappa shape index (κ2) is 7.92. The molecule has 8 heteroatoms. The number of fused-ring (bicyclic) bond motifs is 1. The van der Waals surface area contributed by atoms with Crippen LogP contribution in [0.15, 0.2) is 57.7 Å². The summed E-state index contributed by atoms with van der Waals surface area (Å²) in [5, 5.41) is 16.6. The average molecular weight is 404 g/mol. The lowest BCUT2D eigenvalue weighted by Gasteiger charge is -2.14. The maximum atomic E-state index is 13.0. The Morgan fingerprint density at radius 3 is 2.53 bits per heavy atom. The summed E-state index contributed by atoms with van der Waals surface area (Å²) < 4.78 is 7.09. The van der Waals surface area contributed by atoms with Gasteiger partial charge in [0.15, 0.2) is 17.1 Å². The van der Waals surface area contributed by atoms with Crippen LogP contribution in [-0.2, 0) is 13.2 Å². The van der Waals surface area contributed by atoms with Crippen LogP contribution in [0.2, 0.25) is 0 Å². The molecular formula is C22H20N4O4. The van der Waals surface area contributed by atoms with E-state index >= 15 is 0 Å². The second-order valence-corrected chi connectivity index (χ2v) is 6.74. The zero-order valence-electron chi connectivity index (χ0n) is 16.5. The Hall–Kier alpha value is -3.78. The molecule has 152 valence electrons. The van der Waals surface area contributed by atoms with E-state index in [1.54, 1.807) is 43.3 Å². The van der Waals surface area contributed by atoms with Gasteiger partial charge in [-0.2, -0.15) is 5.10 Å². The Morgan fingerprint density at radius 1 is 1.17 bits per heavy atom. The van der Waals surface area contributed by atoms with E-state index in [1.807, 2.05) is 12.1 Å². The number of benzene rings is 2. The molecule has 0 fully saturated rings. The molecular weight excluding hydrogens is 384 g/mol. The summed E-state index contributed by atoms with van der Waals surface area (Å²) >= 11 is 0. The number of aromatic nitrogens is 3. The van der Waals surface area contributed by atoms with Crippen LogP contribution in [0.25, 0.3) is 22.7 Å². The predicted molar refractivity (Wildman–Crippen MR) is 113 cm³/mol. The first kappa shape index (κ1) is 19.5. The highest BCUT2D eigenvalue weighted by atomic mass is 16.3. The number of aliphatic hydroxyl groups excluding tert-OH is 1. The standard InChI is InChI=1S/C22H20N4O4/c1-3-26-22(29)20(23-15-10-8-14(12-27)9-11-15)18(13(2)28)19(25-26)21-24-16-6-4-5-7-17(16)30-21/h4-11,23,27H,3,12H2,1-2H3. The summed E-state index contributed by atoms with van der Waals surface area (Å²) in [5.41, 5.74) is 2.53. The van der Waals surface area contributed by atoms with Gasteiger partial charge in [-0.15, -0.1) is 0 Å². The van der Waals surface area contributed by atoms with Crippen molar-refractivity contribution in [2.75, 3.05) is 5.32 Å². The number of rotatable bonds is 6. The molecule has 2 N–H and O–H groups in total. The van der Waals surface area contributed by atoms with Crippen molar-refractivity contribution in [3.8, 4) is 11.6 Å². The number of hydrogen-bond acceptors (Lipinski definition) is 7. The van der Waals surface area contributed by atoms with Crippen LogP contribution < -0.4 is 10.9 Å². The number of ketones is 1. The number of oxazole rings is 1. The summed E-state index contributed by atoms with van der Waals surface area (Å²) in [6.07, 6.45) is 0. The number of para-hydroxylation sites is 2. The Kier molecular flexibility index (Phi) is 5.16. The first-order valence-corrected chi connectivity index (χ1v) is 9.50.